The number of nitrogens with zero attached hydrogens (tertiary/aromatic N) is 2. The monoisotopic (exact) mass is 462 g/mol. The number of amides is 4. The summed E-state index contributed by atoms with van der Waals surface area (Å²) in [7, 11) is 0. The van der Waals surface area contributed by atoms with Crippen LogP contribution in [0, 0.1) is 13.8 Å². The smallest absolute Gasteiger partial charge is 0.294 e. The summed E-state index contributed by atoms with van der Waals surface area (Å²) in [6, 6.07) is 13.0. The summed E-state index contributed by atoms with van der Waals surface area (Å²) >= 11 is 0.779. The minimum atomic E-state index is -0.535. The molecule has 0 spiro atoms. The van der Waals surface area contributed by atoms with E-state index in [0.29, 0.717) is 11.3 Å². The molecule has 0 saturated carbocycles. The molecule has 2 aromatic carbocycles. The standard InChI is InChI=1S/C24H22N4O4S/c1-14-7-8-18(15(2)9-14)26-22(30)13-28-23(31)20(33-24(28)32)10-16-11-27(12-21(25)29)19-6-4-3-5-17(16)19/h3-11H,12-13H2,1-2H3,(H2,25,29)(H,26,30). The molecule has 1 saturated heterocycles. The minimum Gasteiger partial charge on any atom is -0.368 e. The van der Waals surface area contributed by atoms with Gasteiger partial charge in [0, 0.05) is 28.4 Å². The molecule has 0 unspecified atom stereocenters. The van der Waals surface area contributed by atoms with Gasteiger partial charge in [-0.1, -0.05) is 35.9 Å². The van der Waals surface area contributed by atoms with E-state index in [-0.39, 0.29) is 18.0 Å². The summed E-state index contributed by atoms with van der Waals surface area (Å²) in [5, 5.41) is 3.06. The van der Waals surface area contributed by atoms with Crippen LogP contribution in [0.3, 0.4) is 0 Å². The number of nitrogens with one attached hydrogen (secondary N) is 1. The molecule has 4 rings (SSSR count). The number of carbonyl (C=O) groups excluding carboxylic acids is 4. The Bertz CT molecular complexity index is 1340. The van der Waals surface area contributed by atoms with Crippen molar-refractivity contribution >= 4 is 57.4 Å². The van der Waals surface area contributed by atoms with E-state index in [1.165, 1.54) is 0 Å². The number of aryl methyl sites for hydroxylation is 2. The van der Waals surface area contributed by atoms with Crippen LogP contribution >= 0.6 is 11.8 Å². The highest BCUT2D eigenvalue weighted by Gasteiger charge is 2.36. The number of para-hydroxylation sites is 1. The number of rotatable bonds is 6. The zero-order valence-corrected chi connectivity index (χ0v) is 18.9. The van der Waals surface area contributed by atoms with Crippen molar-refractivity contribution in [2.45, 2.75) is 20.4 Å². The van der Waals surface area contributed by atoms with Crippen LogP contribution in [0.4, 0.5) is 10.5 Å². The molecule has 3 aromatic rings. The molecular weight excluding hydrogens is 440 g/mol. The number of carbonyl (C=O) groups is 4. The molecule has 0 bridgehead atoms. The van der Waals surface area contributed by atoms with E-state index >= 15 is 0 Å². The van der Waals surface area contributed by atoms with Crippen molar-refractivity contribution in [3.05, 3.63) is 70.3 Å². The second kappa shape index (κ2) is 8.95. The molecular formula is C24H22N4O4S. The Morgan fingerprint density at radius 2 is 1.85 bits per heavy atom. The third kappa shape index (κ3) is 4.68. The van der Waals surface area contributed by atoms with Crippen molar-refractivity contribution in [2.24, 2.45) is 5.73 Å². The average molecular weight is 463 g/mol. The number of thioether (sulfide) groups is 1. The van der Waals surface area contributed by atoms with E-state index in [9.17, 15) is 19.2 Å². The number of nitrogens with two attached hydrogens (primary N) is 1. The van der Waals surface area contributed by atoms with E-state index in [2.05, 4.69) is 5.32 Å². The van der Waals surface area contributed by atoms with Gasteiger partial charge < -0.3 is 15.6 Å². The van der Waals surface area contributed by atoms with E-state index in [0.717, 1.165) is 38.7 Å². The van der Waals surface area contributed by atoms with Gasteiger partial charge in [-0.05, 0) is 49.4 Å². The number of hydrogen-bond acceptors (Lipinski definition) is 5. The van der Waals surface area contributed by atoms with Crippen molar-refractivity contribution in [1.29, 1.82) is 0 Å². The fourth-order valence-electron chi connectivity index (χ4n) is 3.75. The van der Waals surface area contributed by atoms with Crippen LogP contribution in [0.5, 0.6) is 0 Å². The first-order chi connectivity index (χ1) is 15.7. The molecule has 0 aliphatic carbocycles. The SMILES string of the molecule is Cc1ccc(NC(=O)CN2C(=O)SC(=Cc3cn(CC(N)=O)c4ccccc34)C2=O)c(C)c1. The zero-order chi connectivity index (χ0) is 23.7. The molecule has 0 atom stereocenters. The first-order valence-corrected chi connectivity index (χ1v) is 11.0. The van der Waals surface area contributed by atoms with Crippen LogP contribution < -0.4 is 11.1 Å². The summed E-state index contributed by atoms with van der Waals surface area (Å²) in [5.74, 6) is -1.48. The number of hydrogen-bond donors (Lipinski definition) is 2. The highest BCUT2D eigenvalue weighted by Crippen LogP contribution is 2.34. The Kier molecular flexibility index (Phi) is 6.06. The predicted molar refractivity (Wildman–Crippen MR) is 128 cm³/mol. The lowest BCUT2D eigenvalue weighted by molar-refractivity contribution is -0.127. The normalized spacial score (nSPS) is 15.0. The van der Waals surface area contributed by atoms with Crippen molar-refractivity contribution in [3.8, 4) is 0 Å². The molecule has 1 aliphatic rings. The van der Waals surface area contributed by atoms with E-state index in [1.54, 1.807) is 22.9 Å². The van der Waals surface area contributed by atoms with E-state index in [1.807, 2.05) is 50.2 Å². The van der Waals surface area contributed by atoms with Gasteiger partial charge in [0.1, 0.15) is 13.1 Å². The van der Waals surface area contributed by atoms with Gasteiger partial charge in [-0.2, -0.15) is 0 Å². The van der Waals surface area contributed by atoms with Gasteiger partial charge >= 0.3 is 0 Å². The molecule has 9 heteroatoms. The first kappa shape index (κ1) is 22.3. The molecule has 33 heavy (non-hydrogen) atoms. The zero-order valence-electron chi connectivity index (χ0n) is 18.1. The Labute approximate surface area is 194 Å². The quantitative estimate of drug-likeness (QED) is 0.545. The van der Waals surface area contributed by atoms with Crippen LogP contribution in [-0.2, 0) is 20.9 Å². The number of imide groups is 1. The Morgan fingerprint density at radius 1 is 1.09 bits per heavy atom. The number of primary amides is 1. The molecule has 3 N–H and O–H groups in total. The summed E-state index contributed by atoms with van der Waals surface area (Å²) < 4.78 is 1.70. The van der Waals surface area contributed by atoms with Crippen LogP contribution in [0.1, 0.15) is 16.7 Å². The van der Waals surface area contributed by atoms with Crippen LogP contribution in [0.25, 0.3) is 17.0 Å². The maximum atomic E-state index is 12.9. The second-order valence-electron chi connectivity index (χ2n) is 7.83. The Morgan fingerprint density at radius 3 is 2.58 bits per heavy atom. The summed E-state index contributed by atoms with van der Waals surface area (Å²) in [5.41, 5.74) is 9.40. The van der Waals surface area contributed by atoms with Crippen molar-refractivity contribution < 1.29 is 19.2 Å². The maximum Gasteiger partial charge on any atom is 0.294 e. The molecule has 4 amide bonds. The van der Waals surface area contributed by atoms with Crippen molar-refractivity contribution in [2.75, 3.05) is 11.9 Å². The Hall–Kier alpha value is -3.85. The number of anilines is 1. The van der Waals surface area contributed by atoms with Crippen LogP contribution in [0.2, 0.25) is 0 Å². The molecule has 1 aliphatic heterocycles. The van der Waals surface area contributed by atoms with Gasteiger partial charge in [0.25, 0.3) is 11.1 Å². The summed E-state index contributed by atoms with van der Waals surface area (Å²) in [6.45, 7) is 3.45. The van der Waals surface area contributed by atoms with Crippen LogP contribution in [-0.4, -0.2) is 39.0 Å². The van der Waals surface area contributed by atoms with Gasteiger partial charge in [-0.25, -0.2) is 0 Å². The average Bonchev–Trinajstić information content (AvgIpc) is 3.22. The van der Waals surface area contributed by atoms with Gasteiger partial charge in [0.05, 0.1) is 4.91 Å². The predicted octanol–water partition coefficient (Wildman–Crippen LogP) is 3.42. The van der Waals surface area contributed by atoms with Crippen molar-refractivity contribution in [3.63, 3.8) is 0 Å². The van der Waals surface area contributed by atoms with Crippen molar-refractivity contribution in [1.82, 2.24) is 9.47 Å². The largest absolute Gasteiger partial charge is 0.368 e. The molecule has 2 heterocycles. The highest BCUT2D eigenvalue weighted by molar-refractivity contribution is 8.18. The minimum absolute atomic E-state index is 0.00553. The van der Waals surface area contributed by atoms with Crippen LogP contribution in [0.15, 0.2) is 53.6 Å². The molecule has 1 fully saturated rings. The second-order valence-corrected chi connectivity index (χ2v) is 8.82. The first-order valence-electron chi connectivity index (χ1n) is 10.2. The molecule has 8 nitrogen and oxygen atoms in total. The maximum absolute atomic E-state index is 12.9. The topological polar surface area (TPSA) is 114 Å². The van der Waals surface area contributed by atoms with Gasteiger partial charge in [-0.3, -0.25) is 24.1 Å². The molecule has 0 radical (unpaired) electrons. The lowest BCUT2D eigenvalue weighted by Gasteiger charge is -2.13. The fraction of sp³-hybridized carbons (Fsp3) is 0.167. The summed E-state index contributed by atoms with van der Waals surface area (Å²) in [4.78, 5) is 50.4. The van der Waals surface area contributed by atoms with E-state index < -0.39 is 23.0 Å². The number of aromatic nitrogens is 1. The third-order valence-corrected chi connectivity index (χ3v) is 6.17. The highest BCUT2D eigenvalue weighted by atomic mass is 32.2. The van der Waals surface area contributed by atoms with Gasteiger partial charge in [0.15, 0.2) is 0 Å². The molecule has 168 valence electrons. The summed E-state index contributed by atoms with van der Waals surface area (Å²) in [6.07, 6.45) is 3.32. The lowest BCUT2D eigenvalue weighted by atomic mass is 10.1. The van der Waals surface area contributed by atoms with Gasteiger partial charge in [0.2, 0.25) is 11.8 Å². The number of fused-ring (bicyclic) bond motifs is 1. The third-order valence-electron chi connectivity index (χ3n) is 5.26. The lowest BCUT2D eigenvalue weighted by Crippen LogP contribution is -2.36. The van der Waals surface area contributed by atoms with E-state index in [4.69, 9.17) is 5.73 Å². The molecule has 1 aromatic heterocycles. The number of benzene rings is 2. The Balaban J connectivity index is 1.55. The van der Waals surface area contributed by atoms with Gasteiger partial charge in [-0.15, -0.1) is 0 Å². The fourth-order valence-corrected chi connectivity index (χ4v) is 4.58.